The van der Waals surface area contributed by atoms with Crippen LogP contribution in [0.15, 0.2) is 36.5 Å². The molecule has 0 saturated heterocycles. The largest absolute Gasteiger partial charge is 0.598 e. The number of hydrogen-bond donors (Lipinski definition) is 1. The highest BCUT2D eigenvalue weighted by Gasteiger charge is 2.35. The van der Waals surface area contributed by atoms with Gasteiger partial charge in [0.2, 0.25) is 0 Å². The molecule has 2 aromatic rings. The van der Waals surface area contributed by atoms with Crippen LogP contribution in [0.25, 0.3) is 10.8 Å². The molecule has 1 aromatic heterocycles. The molecular weight excluding hydrogens is 268 g/mol. The molecule has 0 bridgehead atoms. The highest BCUT2D eigenvalue weighted by atomic mass is 32.2. The number of hydrogen-bond acceptors (Lipinski definition) is 3. The molecule has 0 unspecified atom stereocenters. The Morgan fingerprint density at radius 2 is 1.70 bits per heavy atom. The van der Waals surface area contributed by atoms with Crippen molar-refractivity contribution < 1.29 is 4.55 Å². The lowest BCUT2D eigenvalue weighted by Crippen LogP contribution is -2.48. The minimum Gasteiger partial charge on any atom is -0.598 e. The first-order chi connectivity index (χ1) is 9.22. The van der Waals surface area contributed by atoms with Crippen LogP contribution in [-0.2, 0) is 16.9 Å². The van der Waals surface area contributed by atoms with Gasteiger partial charge in [-0.2, -0.15) is 0 Å². The average Bonchev–Trinajstić information content (AvgIpc) is 2.36. The van der Waals surface area contributed by atoms with E-state index in [1.54, 1.807) is 6.20 Å². The predicted octanol–water partition coefficient (Wildman–Crippen LogP) is 3.52. The molecule has 0 aliphatic carbocycles. The smallest absolute Gasteiger partial charge is 0.136 e. The lowest BCUT2D eigenvalue weighted by atomic mass is 9.96. The van der Waals surface area contributed by atoms with Crippen molar-refractivity contribution >= 4 is 22.1 Å². The van der Waals surface area contributed by atoms with Gasteiger partial charge in [0.25, 0.3) is 0 Å². The fraction of sp³-hybridized carbons (Fsp3) is 0.438. The Balaban J connectivity index is 2.42. The van der Waals surface area contributed by atoms with Gasteiger partial charge in [-0.1, -0.05) is 24.3 Å². The van der Waals surface area contributed by atoms with Gasteiger partial charge in [0.15, 0.2) is 0 Å². The fourth-order valence-electron chi connectivity index (χ4n) is 2.05. The number of nitrogens with zero attached hydrogens (tertiary/aromatic N) is 1. The number of fused-ring (bicyclic) bond motifs is 1. The molecule has 4 heteroatoms. The van der Waals surface area contributed by atoms with Gasteiger partial charge in [-0.3, -0.25) is 4.98 Å². The summed E-state index contributed by atoms with van der Waals surface area (Å²) in [6.45, 7) is 9.92. The number of nitrogens with one attached hydrogen (secondary N) is 1. The highest BCUT2D eigenvalue weighted by Crippen LogP contribution is 2.28. The standard InChI is InChI=1S/C16H22N2OS/c1-15(2,3)20(19)18-16(4,5)14-13-9-7-6-8-12(13)10-11-17-14/h6-11,18H,1-5H3/t20-/m1/s1. The molecule has 20 heavy (non-hydrogen) atoms. The SMILES string of the molecule is CC(C)(N[S@+]([O-])C(C)(C)C)c1nccc2ccccc12. The van der Waals surface area contributed by atoms with Gasteiger partial charge in [-0.05, 0) is 46.1 Å². The van der Waals surface area contributed by atoms with Crippen molar-refractivity contribution in [3.05, 3.63) is 42.2 Å². The van der Waals surface area contributed by atoms with Crippen molar-refractivity contribution in [2.45, 2.75) is 44.9 Å². The number of pyridine rings is 1. The van der Waals surface area contributed by atoms with E-state index >= 15 is 0 Å². The summed E-state index contributed by atoms with van der Waals surface area (Å²) >= 11 is -1.14. The monoisotopic (exact) mass is 290 g/mol. The second kappa shape index (κ2) is 5.35. The van der Waals surface area contributed by atoms with Crippen LogP contribution < -0.4 is 4.72 Å². The summed E-state index contributed by atoms with van der Waals surface area (Å²) in [6, 6.07) is 10.1. The summed E-state index contributed by atoms with van der Waals surface area (Å²) in [4.78, 5) is 4.52. The fourth-order valence-corrected chi connectivity index (χ4v) is 2.92. The van der Waals surface area contributed by atoms with E-state index in [9.17, 15) is 4.55 Å². The zero-order chi connectivity index (χ0) is 15.0. The Bertz CT molecular complexity index is 599. The summed E-state index contributed by atoms with van der Waals surface area (Å²) < 4.78 is 15.3. The average molecular weight is 290 g/mol. The Kier molecular flexibility index (Phi) is 4.09. The number of rotatable bonds is 3. The molecule has 0 fully saturated rings. The minimum absolute atomic E-state index is 0.304. The third-order valence-electron chi connectivity index (χ3n) is 3.17. The van der Waals surface area contributed by atoms with Crippen molar-refractivity contribution in [1.82, 2.24) is 9.71 Å². The molecule has 0 radical (unpaired) electrons. The molecule has 1 atom stereocenters. The van der Waals surface area contributed by atoms with Crippen LogP contribution in [0.1, 0.15) is 40.3 Å². The minimum atomic E-state index is -1.14. The van der Waals surface area contributed by atoms with E-state index < -0.39 is 16.9 Å². The van der Waals surface area contributed by atoms with Crippen LogP contribution in [-0.4, -0.2) is 14.3 Å². The Hall–Kier alpha value is -1.10. The molecule has 0 saturated carbocycles. The van der Waals surface area contributed by atoms with E-state index in [1.165, 1.54) is 0 Å². The van der Waals surface area contributed by atoms with Crippen LogP contribution in [0.4, 0.5) is 0 Å². The molecular formula is C16H22N2OS. The Morgan fingerprint density at radius 3 is 2.35 bits per heavy atom. The van der Waals surface area contributed by atoms with E-state index in [2.05, 4.69) is 21.8 Å². The van der Waals surface area contributed by atoms with E-state index in [4.69, 9.17) is 0 Å². The molecule has 2 rings (SSSR count). The first-order valence-corrected chi connectivity index (χ1v) is 7.91. The van der Waals surface area contributed by atoms with Crippen LogP contribution in [0.2, 0.25) is 0 Å². The normalized spacial score (nSPS) is 14.5. The van der Waals surface area contributed by atoms with Crippen molar-refractivity contribution in [3.8, 4) is 0 Å². The maximum Gasteiger partial charge on any atom is 0.136 e. The molecule has 1 heterocycles. The third-order valence-corrected chi connectivity index (χ3v) is 4.98. The summed E-state index contributed by atoms with van der Waals surface area (Å²) in [5.41, 5.74) is 0.465. The van der Waals surface area contributed by atoms with Crippen molar-refractivity contribution in [1.29, 1.82) is 0 Å². The molecule has 0 aliphatic rings. The van der Waals surface area contributed by atoms with E-state index in [-0.39, 0.29) is 4.75 Å². The summed E-state index contributed by atoms with van der Waals surface area (Å²) in [7, 11) is 0. The van der Waals surface area contributed by atoms with E-state index in [1.807, 2.05) is 52.8 Å². The number of benzene rings is 1. The van der Waals surface area contributed by atoms with E-state index in [0.717, 1.165) is 16.5 Å². The first-order valence-electron chi connectivity index (χ1n) is 6.76. The van der Waals surface area contributed by atoms with E-state index in [0.29, 0.717) is 0 Å². The molecule has 0 amide bonds. The van der Waals surface area contributed by atoms with Gasteiger partial charge in [0.1, 0.15) is 10.3 Å². The molecule has 0 spiro atoms. The lowest BCUT2D eigenvalue weighted by molar-refractivity contribution is 0.450. The zero-order valence-corrected chi connectivity index (χ0v) is 13.5. The van der Waals surface area contributed by atoms with Gasteiger partial charge in [0, 0.05) is 22.9 Å². The zero-order valence-electron chi connectivity index (χ0n) is 12.7. The molecule has 108 valence electrons. The maximum absolute atomic E-state index is 12.4. The van der Waals surface area contributed by atoms with Crippen LogP contribution in [0.5, 0.6) is 0 Å². The second-order valence-corrected chi connectivity index (χ2v) is 8.46. The van der Waals surface area contributed by atoms with Gasteiger partial charge >= 0.3 is 0 Å². The Labute approximate surface area is 124 Å². The summed E-state index contributed by atoms with van der Waals surface area (Å²) in [5.74, 6) is 0. The number of aromatic nitrogens is 1. The van der Waals surface area contributed by atoms with Crippen LogP contribution in [0.3, 0.4) is 0 Å². The molecule has 0 aliphatic heterocycles. The van der Waals surface area contributed by atoms with Crippen molar-refractivity contribution in [3.63, 3.8) is 0 Å². The molecule has 1 aromatic carbocycles. The topological polar surface area (TPSA) is 48.0 Å². The van der Waals surface area contributed by atoms with Gasteiger partial charge < -0.3 is 4.55 Å². The van der Waals surface area contributed by atoms with Gasteiger partial charge in [-0.15, -0.1) is 4.72 Å². The quantitative estimate of drug-likeness (QED) is 0.880. The third kappa shape index (κ3) is 3.14. The van der Waals surface area contributed by atoms with Gasteiger partial charge in [0.05, 0.1) is 5.69 Å². The summed E-state index contributed by atoms with van der Waals surface area (Å²) in [5, 5.41) is 2.24. The first kappa shape index (κ1) is 15.3. The summed E-state index contributed by atoms with van der Waals surface area (Å²) in [6.07, 6.45) is 1.81. The molecule has 3 nitrogen and oxygen atoms in total. The van der Waals surface area contributed by atoms with Crippen LogP contribution in [0, 0.1) is 0 Å². The lowest BCUT2D eigenvalue weighted by Gasteiger charge is -2.32. The predicted molar refractivity (Wildman–Crippen MR) is 85.8 cm³/mol. The van der Waals surface area contributed by atoms with Crippen molar-refractivity contribution in [2.75, 3.05) is 0 Å². The maximum atomic E-state index is 12.4. The highest BCUT2D eigenvalue weighted by molar-refractivity contribution is 7.90. The van der Waals surface area contributed by atoms with Gasteiger partial charge in [-0.25, -0.2) is 0 Å². The molecule has 1 N–H and O–H groups in total. The Morgan fingerprint density at radius 1 is 1.05 bits per heavy atom. The van der Waals surface area contributed by atoms with Crippen molar-refractivity contribution in [2.24, 2.45) is 0 Å². The van der Waals surface area contributed by atoms with Crippen LogP contribution >= 0.6 is 0 Å². The second-order valence-electron chi connectivity index (χ2n) is 6.49.